The van der Waals surface area contributed by atoms with E-state index in [4.69, 9.17) is 0 Å². The number of nitrogens with one attached hydrogen (secondary N) is 1. The van der Waals surface area contributed by atoms with Crippen LogP contribution in [-0.4, -0.2) is 37.1 Å². The second kappa shape index (κ2) is 3.21. The summed E-state index contributed by atoms with van der Waals surface area (Å²) in [6.45, 7) is 7.68. The van der Waals surface area contributed by atoms with Gasteiger partial charge in [0.1, 0.15) is 0 Å². The summed E-state index contributed by atoms with van der Waals surface area (Å²) in [6, 6.07) is 0.868. The second-order valence-electron chi connectivity index (χ2n) is 5.68. The molecule has 2 atom stereocenters. The average Bonchev–Trinajstić information content (AvgIpc) is 2.54. The fourth-order valence-electron chi connectivity index (χ4n) is 3.45. The van der Waals surface area contributed by atoms with Crippen molar-refractivity contribution in [2.24, 2.45) is 11.3 Å². The minimum absolute atomic E-state index is 0.731. The van der Waals surface area contributed by atoms with Crippen LogP contribution < -0.4 is 5.32 Å². The van der Waals surface area contributed by atoms with Gasteiger partial charge in [-0.1, -0.05) is 6.42 Å². The number of hydrogen-bond acceptors (Lipinski definition) is 2. The zero-order valence-corrected chi connectivity index (χ0v) is 9.26. The van der Waals surface area contributed by atoms with E-state index in [1.807, 2.05) is 0 Å². The molecule has 0 aromatic heterocycles. The van der Waals surface area contributed by atoms with Gasteiger partial charge in [0.05, 0.1) is 0 Å². The highest BCUT2D eigenvalue weighted by atomic mass is 15.2. The SMILES string of the molecule is CC1CCN1CC1CNCC12CCC2. The topological polar surface area (TPSA) is 15.3 Å². The second-order valence-corrected chi connectivity index (χ2v) is 5.68. The number of nitrogens with zero attached hydrogens (tertiary/aromatic N) is 1. The van der Waals surface area contributed by atoms with Crippen molar-refractivity contribution in [1.82, 2.24) is 10.2 Å². The van der Waals surface area contributed by atoms with E-state index in [-0.39, 0.29) is 0 Å². The summed E-state index contributed by atoms with van der Waals surface area (Å²) >= 11 is 0. The van der Waals surface area contributed by atoms with Gasteiger partial charge in [-0.25, -0.2) is 0 Å². The molecule has 2 aliphatic heterocycles. The number of likely N-dealkylation sites (tertiary alicyclic amines) is 1. The molecule has 2 unspecified atom stereocenters. The highest BCUT2D eigenvalue weighted by molar-refractivity contribution is 5.02. The lowest BCUT2D eigenvalue weighted by Gasteiger charge is -2.47. The molecule has 3 aliphatic rings. The van der Waals surface area contributed by atoms with Gasteiger partial charge in [0.15, 0.2) is 0 Å². The quantitative estimate of drug-likeness (QED) is 0.716. The Kier molecular flexibility index (Phi) is 2.10. The maximum Gasteiger partial charge on any atom is 0.00792 e. The van der Waals surface area contributed by atoms with E-state index in [1.165, 1.54) is 51.9 Å². The van der Waals surface area contributed by atoms with Gasteiger partial charge in [0, 0.05) is 19.1 Å². The summed E-state index contributed by atoms with van der Waals surface area (Å²) in [4.78, 5) is 2.68. The molecule has 1 aliphatic carbocycles. The summed E-state index contributed by atoms with van der Waals surface area (Å²) in [5, 5.41) is 3.61. The summed E-state index contributed by atoms with van der Waals surface area (Å²) in [6.07, 6.45) is 5.89. The molecule has 1 saturated carbocycles. The molecule has 2 nitrogen and oxygen atoms in total. The van der Waals surface area contributed by atoms with Gasteiger partial charge in [-0.3, -0.25) is 0 Å². The molecule has 3 rings (SSSR count). The van der Waals surface area contributed by atoms with Crippen LogP contribution in [0.1, 0.15) is 32.6 Å². The van der Waals surface area contributed by atoms with Crippen LogP contribution in [0.25, 0.3) is 0 Å². The molecule has 2 heterocycles. The molecular weight excluding hydrogens is 172 g/mol. The molecule has 0 amide bonds. The van der Waals surface area contributed by atoms with Crippen molar-refractivity contribution >= 4 is 0 Å². The van der Waals surface area contributed by atoms with Gasteiger partial charge in [-0.2, -0.15) is 0 Å². The molecule has 1 spiro atoms. The molecule has 3 fully saturated rings. The normalized spacial score (nSPS) is 40.9. The van der Waals surface area contributed by atoms with Crippen molar-refractivity contribution in [3.8, 4) is 0 Å². The first kappa shape index (κ1) is 9.17. The van der Waals surface area contributed by atoms with E-state index >= 15 is 0 Å². The minimum atomic E-state index is 0.731. The third kappa shape index (κ3) is 1.24. The molecule has 2 heteroatoms. The zero-order chi connectivity index (χ0) is 9.60. The van der Waals surface area contributed by atoms with Crippen molar-refractivity contribution in [3.05, 3.63) is 0 Å². The van der Waals surface area contributed by atoms with E-state index in [2.05, 4.69) is 17.1 Å². The highest BCUT2D eigenvalue weighted by Crippen LogP contribution is 2.49. The Hall–Kier alpha value is -0.0800. The van der Waals surface area contributed by atoms with Crippen LogP contribution in [0.4, 0.5) is 0 Å². The van der Waals surface area contributed by atoms with Gasteiger partial charge in [0.25, 0.3) is 0 Å². The zero-order valence-electron chi connectivity index (χ0n) is 9.26. The summed E-state index contributed by atoms with van der Waals surface area (Å²) in [7, 11) is 0. The predicted octanol–water partition coefficient (Wildman–Crippen LogP) is 1.47. The van der Waals surface area contributed by atoms with Gasteiger partial charge >= 0.3 is 0 Å². The molecule has 2 saturated heterocycles. The predicted molar refractivity (Wildman–Crippen MR) is 58.3 cm³/mol. The molecule has 0 aromatic carbocycles. The van der Waals surface area contributed by atoms with E-state index in [0.29, 0.717) is 0 Å². The van der Waals surface area contributed by atoms with Crippen LogP contribution in [0.5, 0.6) is 0 Å². The Morgan fingerprint density at radius 3 is 2.79 bits per heavy atom. The third-order valence-corrected chi connectivity index (χ3v) is 5.00. The number of hydrogen-bond donors (Lipinski definition) is 1. The first-order valence-corrected chi connectivity index (χ1v) is 6.25. The largest absolute Gasteiger partial charge is 0.316 e. The van der Waals surface area contributed by atoms with Gasteiger partial charge in [0.2, 0.25) is 0 Å². The van der Waals surface area contributed by atoms with Crippen molar-refractivity contribution in [2.45, 2.75) is 38.6 Å². The molecule has 0 radical (unpaired) electrons. The Bertz CT molecular complexity index is 222. The molecule has 0 aromatic rings. The van der Waals surface area contributed by atoms with Crippen molar-refractivity contribution < 1.29 is 0 Å². The van der Waals surface area contributed by atoms with Crippen LogP contribution in [0, 0.1) is 11.3 Å². The molecular formula is C12H22N2. The smallest absolute Gasteiger partial charge is 0.00792 e. The molecule has 0 bridgehead atoms. The van der Waals surface area contributed by atoms with Crippen LogP contribution in [0.2, 0.25) is 0 Å². The van der Waals surface area contributed by atoms with E-state index in [9.17, 15) is 0 Å². The fourth-order valence-corrected chi connectivity index (χ4v) is 3.45. The summed E-state index contributed by atoms with van der Waals surface area (Å²) < 4.78 is 0. The number of rotatable bonds is 2. The van der Waals surface area contributed by atoms with E-state index in [0.717, 1.165) is 17.4 Å². The van der Waals surface area contributed by atoms with Crippen LogP contribution in [0.15, 0.2) is 0 Å². The Morgan fingerprint density at radius 2 is 2.29 bits per heavy atom. The van der Waals surface area contributed by atoms with Crippen LogP contribution in [0.3, 0.4) is 0 Å². The molecule has 14 heavy (non-hydrogen) atoms. The molecule has 80 valence electrons. The summed E-state index contributed by atoms with van der Waals surface area (Å²) in [5.74, 6) is 0.957. The Morgan fingerprint density at radius 1 is 1.43 bits per heavy atom. The Labute approximate surface area is 87.0 Å². The lowest BCUT2D eigenvalue weighted by atomic mass is 9.62. The highest BCUT2D eigenvalue weighted by Gasteiger charge is 2.48. The van der Waals surface area contributed by atoms with Gasteiger partial charge < -0.3 is 10.2 Å². The minimum Gasteiger partial charge on any atom is -0.316 e. The first-order valence-electron chi connectivity index (χ1n) is 6.25. The maximum absolute atomic E-state index is 3.61. The lowest BCUT2D eigenvalue weighted by molar-refractivity contribution is 0.0239. The Balaban J connectivity index is 1.61. The third-order valence-electron chi connectivity index (χ3n) is 5.00. The van der Waals surface area contributed by atoms with Crippen LogP contribution in [-0.2, 0) is 0 Å². The standard InChI is InChI=1S/C12H22N2/c1-10-3-6-14(10)8-11-7-13-9-12(11)4-2-5-12/h10-11,13H,2-9H2,1H3. The van der Waals surface area contributed by atoms with Gasteiger partial charge in [-0.15, -0.1) is 0 Å². The summed E-state index contributed by atoms with van der Waals surface area (Å²) in [5.41, 5.74) is 0.731. The van der Waals surface area contributed by atoms with Crippen LogP contribution >= 0.6 is 0 Å². The van der Waals surface area contributed by atoms with Crippen molar-refractivity contribution in [3.63, 3.8) is 0 Å². The average molecular weight is 194 g/mol. The van der Waals surface area contributed by atoms with E-state index in [1.54, 1.807) is 0 Å². The first-order chi connectivity index (χ1) is 6.80. The fraction of sp³-hybridized carbons (Fsp3) is 1.00. The maximum atomic E-state index is 3.61. The molecule has 1 N–H and O–H groups in total. The van der Waals surface area contributed by atoms with Crippen molar-refractivity contribution in [2.75, 3.05) is 26.2 Å². The van der Waals surface area contributed by atoms with E-state index < -0.39 is 0 Å². The van der Waals surface area contributed by atoms with Gasteiger partial charge in [-0.05, 0) is 50.6 Å². The lowest BCUT2D eigenvalue weighted by Crippen LogP contribution is -2.51. The van der Waals surface area contributed by atoms with Crippen molar-refractivity contribution in [1.29, 1.82) is 0 Å². The monoisotopic (exact) mass is 194 g/mol.